The highest BCUT2D eigenvalue weighted by Gasteiger charge is 2.34. The first kappa shape index (κ1) is 23.4. The number of pyridine rings is 1. The first-order valence-corrected chi connectivity index (χ1v) is 12.7. The highest BCUT2D eigenvalue weighted by Crippen LogP contribution is 2.32. The molecule has 3 aromatic heterocycles. The second kappa shape index (κ2) is 9.35. The molecule has 0 bridgehead atoms. The molecule has 0 aliphatic carbocycles. The van der Waals surface area contributed by atoms with Crippen LogP contribution in [0.15, 0.2) is 59.9 Å². The SMILES string of the molecule is Bc1cnn2c(NCc3cccnc3)cc(C3CCN(S(=O)(=O)c4c(F)cccc4F)CC3)nc12. The Hall–Kier alpha value is -3.38. The maximum absolute atomic E-state index is 14.2. The molecule has 1 fully saturated rings. The molecule has 4 heterocycles. The van der Waals surface area contributed by atoms with Crippen molar-refractivity contribution in [3.05, 3.63) is 77.9 Å². The van der Waals surface area contributed by atoms with Crippen LogP contribution in [0.2, 0.25) is 0 Å². The lowest BCUT2D eigenvalue weighted by Gasteiger charge is -2.31. The topological polar surface area (TPSA) is 92.5 Å². The standard InChI is InChI=1S/C23H23BF2N6O2S/c24-17-14-29-32-21(28-13-15-3-2-8-27-12-15)11-20(30-23(17)32)16-6-9-31(10-7-16)35(33,34)22-18(25)4-1-5-19(22)26/h1-5,8,11-12,14,16,28H,6-7,9-10,13,24H2. The Morgan fingerprint density at radius 2 is 1.83 bits per heavy atom. The molecule has 0 saturated carbocycles. The Labute approximate surface area is 202 Å². The minimum Gasteiger partial charge on any atom is -0.366 e. The molecule has 1 saturated heterocycles. The van der Waals surface area contributed by atoms with Crippen LogP contribution < -0.4 is 10.8 Å². The maximum atomic E-state index is 14.2. The highest BCUT2D eigenvalue weighted by atomic mass is 32.2. The third-order valence-corrected chi connectivity index (χ3v) is 8.20. The van der Waals surface area contributed by atoms with Gasteiger partial charge >= 0.3 is 0 Å². The summed E-state index contributed by atoms with van der Waals surface area (Å²) in [5.74, 6) is -1.41. The fourth-order valence-corrected chi connectivity index (χ4v) is 5.95. The van der Waals surface area contributed by atoms with Gasteiger partial charge in [-0.25, -0.2) is 22.2 Å². The van der Waals surface area contributed by atoms with Crippen molar-refractivity contribution in [2.45, 2.75) is 30.2 Å². The van der Waals surface area contributed by atoms with Gasteiger partial charge in [0.2, 0.25) is 10.0 Å². The predicted octanol–water partition coefficient (Wildman–Crippen LogP) is 1.84. The van der Waals surface area contributed by atoms with E-state index in [4.69, 9.17) is 4.98 Å². The summed E-state index contributed by atoms with van der Waals surface area (Å²) in [6.07, 6.45) is 6.21. The lowest BCUT2D eigenvalue weighted by Crippen LogP contribution is -2.38. The second-order valence-electron chi connectivity index (χ2n) is 8.57. The molecule has 12 heteroatoms. The monoisotopic (exact) mass is 496 g/mol. The van der Waals surface area contributed by atoms with Gasteiger partial charge in [-0.3, -0.25) is 4.98 Å². The van der Waals surface area contributed by atoms with Crippen molar-refractivity contribution in [2.24, 2.45) is 0 Å². The fourth-order valence-electron chi connectivity index (χ4n) is 4.37. The van der Waals surface area contributed by atoms with Gasteiger partial charge in [0.25, 0.3) is 0 Å². The van der Waals surface area contributed by atoms with Gasteiger partial charge in [-0.15, -0.1) is 0 Å². The van der Waals surface area contributed by atoms with Crippen LogP contribution in [0.5, 0.6) is 0 Å². The van der Waals surface area contributed by atoms with Crippen LogP contribution in [-0.4, -0.2) is 53.2 Å². The van der Waals surface area contributed by atoms with E-state index in [0.717, 1.165) is 50.7 Å². The zero-order chi connectivity index (χ0) is 24.6. The summed E-state index contributed by atoms with van der Waals surface area (Å²) < 4.78 is 57.1. The number of nitrogens with zero attached hydrogens (tertiary/aromatic N) is 5. The smallest absolute Gasteiger partial charge is 0.248 e. The molecule has 0 radical (unpaired) electrons. The van der Waals surface area contributed by atoms with E-state index in [-0.39, 0.29) is 19.0 Å². The van der Waals surface area contributed by atoms with Crippen molar-refractivity contribution in [1.29, 1.82) is 0 Å². The van der Waals surface area contributed by atoms with Gasteiger partial charge in [0.15, 0.2) is 10.5 Å². The molecule has 4 aromatic rings. The molecule has 0 spiro atoms. The minimum absolute atomic E-state index is 0.00911. The number of nitrogens with one attached hydrogen (secondary N) is 1. The van der Waals surface area contributed by atoms with Gasteiger partial charge in [0, 0.05) is 55.9 Å². The summed E-state index contributed by atoms with van der Waals surface area (Å²) in [7, 11) is -2.35. The number of rotatable bonds is 6. The maximum Gasteiger partial charge on any atom is 0.248 e. The molecule has 35 heavy (non-hydrogen) atoms. The van der Waals surface area contributed by atoms with E-state index in [0.29, 0.717) is 19.4 Å². The number of hydrogen-bond acceptors (Lipinski definition) is 6. The number of aromatic nitrogens is 4. The summed E-state index contributed by atoms with van der Waals surface area (Å²) in [6, 6.07) is 8.84. The van der Waals surface area contributed by atoms with Gasteiger partial charge in [-0.1, -0.05) is 12.1 Å². The first-order valence-electron chi connectivity index (χ1n) is 11.3. The molecule has 1 N–H and O–H groups in total. The number of fused-ring (bicyclic) bond motifs is 1. The van der Waals surface area contributed by atoms with Crippen molar-refractivity contribution >= 4 is 34.8 Å². The second-order valence-corrected chi connectivity index (χ2v) is 10.4. The normalized spacial score (nSPS) is 15.5. The summed E-state index contributed by atoms with van der Waals surface area (Å²) in [5.41, 5.74) is 3.48. The highest BCUT2D eigenvalue weighted by molar-refractivity contribution is 7.89. The van der Waals surface area contributed by atoms with Gasteiger partial charge in [-0.05, 0) is 42.1 Å². The van der Waals surface area contributed by atoms with Crippen LogP contribution in [-0.2, 0) is 16.6 Å². The Morgan fingerprint density at radius 1 is 1.09 bits per heavy atom. The summed E-state index contributed by atoms with van der Waals surface area (Å²) >= 11 is 0. The lowest BCUT2D eigenvalue weighted by molar-refractivity contribution is 0.314. The average Bonchev–Trinajstić information content (AvgIpc) is 3.24. The summed E-state index contributed by atoms with van der Waals surface area (Å²) in [5, 5.41) is 7.82. The molecule has 0 atom stereocenters. The zero-order valence-electron chi connectivity index (χ0n) is 19.0. The van der Waals surface area contributed by atoms with E-state index in [1.165, 1.54) is 0 Å². The number of piperidine rings is 1. The van der Waals surface area contributed by atoms with E-state index in [2.05, 4.69) is 15.4 Å². The van der Waals surface area contributed by atoms with Crippen molar-refractivity contribution in [1.82, 2.24) is 23.9 Å². The Kier molecular flexibility index (Phi) is 6.24. The van der Waals surface area contributed by atoms with Crippen LogP contribution in [0.4, 0.5) is 14.6 Å². The molecule has 1 aromatic carbocycles. The molecule has 5 rings (SSSR count). The van der Waals surface area contributed by atoms with E-state index in [1.807, 2.05) is 26.0 Å². The Balaban J connectivity index is 1.37. The molecule has 180 valence electrons. The van der Waals surface area contributed by atoms with Gasteiger partial charge in [0.1, 0.15) is 25.3 Å². The predicted molar refractivity (Wildman–Crippen MR) is 130 cm³/mol. The minimum atomic E-state index is -4.28. The summed E-state index contributed by atoms with van der Waals surface area (Å²) in [6.45, 7) is 0.838. The van der Waals surface area contributed by atoms with Crippen LogP contribution in [0.3, 0.4) is 0 Å². The van der Waals surface area contributed by atoms with E-state index in [9.17, 15) is 17.2 Å². The number of halogens is 2. The number of sulfonamides is 1. The molecule has 0 amide bonds. The Bertz CT molecular complexity index is 1450. The van der Waals surface area contributed by atoms with Crippen molar-refractivity contribution < 1.29 is 17.2 Å². The fraction of sp³-hybridized carbons (Fsp3) is 0.261. The largest absolute Gasteiger partial charge is 0.366 e. The Morgan fingerprint density at radius 3 is 2.51 bits per heavy atom. The lowest BCUT2D eigenvalue weighted by atomic mass is 9.94. The third kappa shape index (κ3) is 4.51. The quantitative estimate of drug-likeness (QED) is 0.410. The number of hydrogen-bond donors (Lipinski definition) is 1. The van der Waals surface area contributed by atoms with Crippen LogP contribution in [0.1, 0.15) is 30.0 Å². The van der Waals surface area contributed by atoms with Gasteiger partial charge in [-0.2, -0.15) is 13.9 Å². The van der Waals surface area contributed by atoms with E-state index in [1.54, 1.807) is 23.1 Å². The molecular weight excluding hydrogens is 473 g/mol. The van der Waals surface area contributed by atoms with Crippen LogP contribution in [0.25, 0.3) is 5.65 Å². The first-order chi connectivity index (χ1) is 16.8. The molecule has 1 aliphatic rings. The zero-order valence-corrected chi connectivity index (χ0v) is 19.8. The van der Waals surface area contributed by atoms with Crippen molar-refractivity contribution in [2.75, 3.05) is 18.4 Å². The van der Waals surface area contributed by atoms with Crippen molar-refractivity contribution in [3.63, 3.8) is 0 Å². The van der Waals surface area contributed by atoms with E-state index >= 15 is 0 Å². The number of benzene rings is 1. The van der Waals surface area contributed by atoms with Crippen molar-refractivity contribution in [3.8, 4) is 0 Å². The molecule has 0 unspecified atom stereocenters. The molecule has 8 nitrogen and oxygen atoms in total. The summed E-state index contributed by atoms with van der Waals surface area (Å²) in [4.78, 5) is 8.05. The molecule has 1 aliphatic heterocycles. The van der Waals surface area contributed by atoms with Crippen LogP contribution >= 0.6 is 0 Å². The number of anilines is 1. The van der Waals surface area contributed by atoms with Crippen LogP contribution in [0, 0.1) is 11.6 Å². The van der Waals surface area contributed by atoms with Gasteiger partial charge < -0.3 is 5.32 Å². The van der Waals surface area contributed by atoms with Gasteiger partial charge in [0.05, 0.1) is 0 Å². The van der Waals surface area contributed by atoms with E-state index < -0.39 is 26.6 Å². The average molecular weight is 496 g/mol. The molecular formula is C23H23BF2N6O2S. The third-order valence-electron chi connectivity index (χ3n) is 6.25.